The molecule has 5 nitrogen and oxygen atoms in total. The van der Waals surface area contributed by atoms with Gasteiger partial charge < -0.3 is 5.32 Å². The molecular weight excluding hydrogens is 352 g/mol. The van der Waals surface area contributed by atoms with E-state index in [1.807, 2.05) is 30.3 Å². The van der Waals surface area contributed by atoms with Gasteiger partial charge in [-0.3, -0.25) is 14.8 Å². The van der Waals surface area contributed by atoms with E-state index in [1.165, 1.54) is 0 Å². The van der Waals surface area contributed by atoms with Crippen molar-refractivity contribution in [2.24, 2.45) is 0 Å². The first kappa shape index (κ1) is 18.7. The zero-order valence-corrected chi connectivity index (χ0v) is 15.9. The van der Waals surface area contributed by atoms with Crippen molar-refractivity contribution < 1.29 is 14.8 Å². The normalized spacial score (nSPS) is 20.2. The molecule has 0 radical (unpaired) electrons. The molecule has 0 aromatic heterocycles. The summed E-state index contributed by atoms with van der Waals surface area (Å²) in [7, 11) is 0. The van der Waals surface area contributed by atoms with Gasteiger partial charge in [-0.2, -0.15) is 0 Å². The molecule has 0 spiro atoms. The smallest absolute Gasteiger partial charge is 0.274 e. The summed E-state index contributed by atoms with van der Waals surface area (Å²) in [5.74, 6) is -0.394. The molecule has 1 atom stereocenters. The Labute approximate surface area is 165 Å². The SMILES string of the molecule is O=C(NO)c1ccc2c(c1)CCCC2NC(=O)C1(c2ccccc2)CCCC1. The van der Waals surface area contributed by atoms with Crippen LogP contribution in [0.25, 0.3) is 0 Å². The molecule has 1 saturated carbocycles. The van der Waals surface area contributed by atoms with Crippen LogP contribution >= 0.6 is 0 Å². The first-order valence-electron chi connectivity index (χ1n) is 10.1. The van der Waals surface area contributed by atoms with Crippen molar-refractivity contribution in [2.45, 2.75) is 56.4 Å². The number of carbonyl (C=O) groups is 2. The van der Waals surface area contributed by atoms with Crippen molar-refractivity contribution in [3.63, 3.8) is 0 Å². The lowest BCUT2D eigenvalue weighted by Crippen LogP contribution is -2.44. The molecule has 2 aliphatic carbocycles. The minimum absolute atomic E-state index is 0.0383. The highest BCUT2D eigenvalue weighted by Crippen LogP contribution is 2.42. The van der Waals surface area contributed by atoms with Gasteiger partial charge in [0.05, 0.1) is 11.5 Å². The van der Waals surface area contributed by atoms with Gasteiger partial charge in [0.15, 0.2) is 0 Å². The maximum atomic E-state index is 13.5. The van der Waals surface area contributed by atoms with Gasteiger partial charge in [-0.1, -0.05) is 49.2 Å². The van der Waals surface area contributed by atoms with E-state index in [2.05, 4.69) is 17.4 Å². The number of hydrogen-bond acceptors (Lipinski definition) is 3. The fourth-order valence-corrected chi connectivity index (χ4v) is 4.85. The van der Waals surface area contributed by atoms with Gasteiger partial charge in [-0.15, -0.1) is 0 Å². The topological polar surface area (TPSA) is 78.4 Å². The van der Waals surface area contributed by atoms with Crippen LogP contribution in [0.5, 0.6) is 0 Å². The Bertz CT molecular complexity index is 873. The molecule has 2 amide bonds. The number of nitrogens with one attached hydrogen (secondary N) is 2. The summed E-state index contributed by atoms with van der Waals surface area (Å²) in [4.78, 5) is 25.2. The maximum Gasteiger partial charge on any atom is 0.274 e. The summed E-state index contributed by atoms with van der Waals surface area (Å²) in [5, 5.41) is 12.2. The van der Waals surface area contributed by atoms with Crippen molar-refractivity contribution in [1.82, 2.24) is 10.8 Å². The maximum absolute atomic E-state index is 13.5. The summed E-state index contributed by atoms with van der Waals surface area (Å²) in [6, 6.07) is 15.5. The number of hydrogen-bond donors (Lipinski definition) is 3. The van der Waals surface area contributed by atoms with Crippen LogP contribution < -0.4 is 10.8 Å². The molecule has 1 fully saturated rings. The van der Waals surface area contributed by atoms with Crippen LogP contribution in [-0.4, -0.2) is 17.0 Å². The molecule has 2 aromatic rings. The van der Waals surface area contributed by atoms with Gasteiger partial charge in [-0.25, -0.2) is 5.48 Å². The summed E-state index contributed by atoms with van der Waals surface area (Å²) < 4.78 is 0. The van der Waals surface area contributed by atoms with E-state index in [-0.39, 0.29) is 11.9 Å². The fraction of sp³-hybridized carbons (Fsp3) is 0.391. The monoisotopic (exact) mass is 378 g/mol. The van der Waals surface area contributed by atoms with E-state index in [1.54, 1.807) is 11.5 Å². The van der Waals surface area contributed by atoms with Gasteiger partial charge in [0.1, 0.15) is 0 Å². The number of fused-ring (bicyclic) bond motifs is 1. The Hall–Kier alpha value is -2.66. The van der Waals surface area contributed by atoms with Crippen LogP contribution in [0.4, 0.5) is 0 Å². The van der Waals surface area contributed by atoms with Crippen molar-refractivity contribution in [3.05, 3.63) is 70.8 Å². The number of aryl methyl sites for hydroxylation is 1. The highest BCUT2D eigenvalue weighted by Gasteiger charge is 2.43. The summed E-state index contributed by atoms with van der Waals surface area (Å²) in [6.45, 7) is 0. The second-order valence-electron chi connectivity index (χ2n) is 7.93. The van der Waals surface area contributed by atoms with Crippen LogP contribution in [0.15, 0.2) is 48.5 Å². The molecule has 28 heavy (non-hydrogen) atoms. The van der Waals surface area contributed by atoms with E-state index in [4.69, 9.17) is 5.21 Å². The Balaban J connectivity index is 1.60. The molecule has 0 heterocycles. The first-order valence-corrected chi connectivity index (χ1v) is 10.1. The van der Waals surface area contributed by atoms with Crippen LogP contribution in [0.2, 0.25) is 0 Å². The fourth-order valence-electron chi connectivity index (χ4n) is 4.85. The molecule has 3 N–H and O–H groups in total. The van der Waals surface area contributed by atoms with Crippen molar-refractivity contribution in [3.8, 4) is 0 Å². The second kappa shape index (κ2) is 7.76. The zero-order chi connectivity index (χ0) is 19.6. The average molecular weight is 378 g/mol. The van der Waals surface area contributed by atoms with Crippen molar-refractivity contribution in [1.29, 1.82) is 0 Å². The van der Waals surface area contributed by atoms with Crippen LogP contribution in [0.1, 0.15) is 71.6 Å². The third-order valence-corrected chi connectivity index (χ3v) is 6.34. The number of carbonyl (C=O) groups excluding carboxylic acids is 2. The molecule has 2 aromatic carbocycles. The van der Waals surface area contributed by atoms with E-state index in [0.29, 0.717) is 5.56 Å². The predicted molar refractivity (Wildman–Crippen MR) is 106 cm³/mol. The Morgan fingerprint density at radius 3 is 2.46 bits per heavy atom. The van der Waals surface area contributed by atoms with Crippen LogP contribution in [-0.2, 0) is 16.6 Å². The molecule has 4 rings (SSSR count). The van der Waals surface area contributed by atoms with E-state index in [0.717, 1.165) is 61.6 Å². The highest BCUT2D eigenvalue weighted by atomic mass is 16.5. The lowest BCUT2D eigenvalue weighted by atomic mass is 9.77. The number of hydroxylamine groups is 1. The minimum Gasteiger partial charge on any atom is -0.349 e. The molecular formula is C23H26N2O3. The summed E-state index contributed by atoms with van der Waals surface area (Å²) >= 11 is 0. The Morgan fingerprint density at radius 1 is 1.00 bits per heavy atom. The lowest BCUT2D eigenvalue weighted by molar-refractivity contribution is -0.127. The molecule has 2 aliphatic rings. The number of rotatable bonds is 4. The van der Waals surface area contributed by atoms with E-state index in [9.17, 15) is 9.59 Å². The minimum atomic E-state index is -0.511. The first-order chi connectivity index (χ1) is 13.6. The summed E-state index contributed by atoms with van der Waals surface area (Å²) in [5.41, 5.74) is 4.94. The Morgan fingerprint density at radius 2 is 1.75 bits per heavy atom. The van der Waals surface area contributed by atoms with E-state index >= 15 is 0 Å². The quantitative estimate of drug-likeness (QED) is 0.559. The third kappa shape index (κ3) is 3.31. The van der Waals surface area contributed by atoms with Gasteiger partial charge >= 0.3 is 0 Å². The van der Waals surface area contributed by atoms with Gasteiger partial charge in [-0.05, 0) is 60.9 Å². The van der Waals surface area contributed by atoms with Crippen LogP contribution in [0.3, 0.4) is 0 Å². The molecule has 0 bridgehead atoms. The highest BCUT2D eigenvalue weighted by molar-refractivity contribution is 5.93. The molecule has 1 unspecified atom stereocenters. The standard InChI is InChI=1S/C23H26N2O3/c26-21(25-28)17-11-12-19-16(15-17)7-6-10-20(19)24-22(27)23(13-4-5-14-23)18-8-2-1-3-9-18/h1-3,8-9,11-12,15,20,28H,4-7,10,13-14H2,(H,24,27)(H,25,26). The average Bonchev–Trinajstić information content (AvgIpc) is 3.25. The largest absolute Gasteiger partial charge is 0.349 e. The molecule has 0 aliphatic heterocycles. The predicted octanol–water partition coefficient (Wildman–Crippen LogP) is 3.81. The summed E-state index contributed by atoms with van der Waals surface area (Å²) in [6.07, 6.45) is 6.65. The van der Waals surface area contributed by atoms with Crippen molar-refractivity contribution >= 4 is 11.8 Å². The van der Waals surface area contributed by atoms with Crippen molar-refractivity contribution in [2.75, 3.05) is 0 Å². The number of amides is 2. The van der Waals surface area contributed by atoms with Gasteiger partial charge in [0.25, 0.3) is 5.91 Å². The zero-order valence-electron chi connectivity index (χ0n) is 15.9. The van der Waals surface area contributed by atoms with Gasteiger partial charge in [0, 0.05) is 5.56 Å². The molecule has 5 heteroatoms. The lowest BCUT2D eigenvalue weighted by Gasteiger charge is -2.33. The van der Waals surface area contributed by atoms with Gasteiger partial charge in [0.2, 0.25) is 5.91 Å². The van der Waals surface area contributed by atoms with Crippen LogP contribution in [0, 0.1) is 0 Å². The van der Waals surface area contributed by atoms with E-state index < -0.39 is 11.3 Å². The number of benzene rings is 2. The second-order valence-corrected chi connectivity index (χ2v) is 7.93. The molecule has 146 valence electrons. The Kier molecular flexibility index (Phi) is 5.18. The third-order valence-electron chi connectivity index (χ3n) is 6.34. The molecule has 0 saturated heterocycles.